The Hall–Kier alpha value is -1.18. The third-order valence-corrected chi connectivity index (χ3v) is 5.37. The second kappa shape index (κ2) is 9.50. The van der Waals surface area contributed by atoms with Gasteiger partial charge in [-0.3, -0.25) is 9.69 Å². The molecule has 0 saturated carbocycles. The summed E-state index contributed by atoms with van der Waals surface area (Å²) >= 11 is 1.68. The van der Waals surface area contributed by atoms with Gasteiger partial charge in [0.15, 0.2) is 0 Å². The van der Waals surface area contributed by atoms with Crippen molar-refractivity contribution >= 4 is 17.7 Å². The molecule has 0 radical (unpaired) electrons. The molecule has 1 aliphatic heterocycles. The second-order valence-corrected chi connectivity index (χ2v) is 7.32. The van der Waals surface area contributed by atoms with E-state index in [4.69, 9.17) is 5.73 Å². The summed E-state index contributed by atoms with van der Waals surface area (Å²) in [6.45, 7) is 4.49. The van der Waals surface area contributed by atoms with Gasteiger partial charge in [0.2, 0.25) is 5.91 Å². The molecule has 2 N–H and O–H groups in total. The molecule has 1 aliphatic rings. The summed E-state index contributed by atoms with van der Waals surface area (Å²) in [4.78, 5) is 16.3. The molecule has 1 saturated heterocycles. The van der Waals surface area contributed by atoms with Crippen molar-refractivity contribution in [1.82, 2.24) is 9.80 Å². The molecule has 140 valence electrons. The maximum absolute atomic E-state index is 14.1. The van der Waals surface area contributed by atoms with Crippen molar-refractivity contribution in [2.75, 3.05) is 38.2 Å². The molecule has 1 amide bonds. The molecule has 1 aromatic rings. The van der Waals surface area contributed by atoms with E-state index in [0.29, 0.717) is 38.2 Å². The van der Waals surface area contributed by atoms with Gasteiger partial charge < -0.3 is 10.6 Å². The van der Waals surface area contributed by atoms with Gasteiger partial charge in [-0.25, -0.2) is 8.78 Å². The molecule has 7 heteroatoms. The Morgan fingerprint density at radius 1 is 1.28 bits per heavy atom. The Bertz CT molecular complexity index is 579. The number of piperazine rings is 1. The van der Waals surface area contributed by atoms with Crippen LogP contribution >= 0.6 is 11.8 Å². The number of halogens is 2. The minimum absolute atomic E-state index is 0.00490. The fraction of sp³-hybridized carbons (Fsp3) is 0.611. The van der Waals surface area contributed by atoms with E-state index >= 15 is 0 Å². The number of nitrogens with zero attached hydrogens (tertiary/aromatic N) is 2. The van der Waals surface area contributed by atoms with Crippen molar-refractivity contribution in [3.05, 3.63) is 35.4 Å². The molecule has 1 fully saturated rings. The van der Waals surface area contributed by atoms with E-state index in [2.05, 4.69) is 4.90 Å². The van der Waals surface area contributed by atoms with Crippen LogP contribution in [0.3, 0.4) is 0 Å². The molecule has 0 spiro atoms. The Balaban J connectivity index is 1.96. The van der Waals surface area contributed by atoms with Crippen molar-refractivity contribution < 1.29 is 13.6 Å². The van der Waals surface area contributed by atoms with E-state index in [-0.39, 0.29) is 11.9 Å². The summed E-state index contributed by atoms with van der Waals surface area (Å²) < 4.78 is 27.3. The molecule has 1 aromatic carbocycles. The topological polar surface area (TPSA) is 49.6 Å². The maximum atomic E-state index is 14.1. The van der Waals surface area contributed by atoms with E-state index in [1.807, 2.05) is 13.2 Å². The highest BCUT2D eigenvalue weighted by atomic mass is 32.2. The number of thioether (sulfide) groups is 1. The molecule has 0 aliphatic carbocycles. The van der Waals surface area contributed by atoms with Gasteiger partial charge >= 0.3 is 0 Å². The van der Waals surface area contributed by atoms with Crippen LogP contribution < -0.4 is 5.73 Å². The fourth-order valence-corrected chi connectivity index (χ4v) is 3.79. The quantitative estimate of drug-likeness (QED) is 0.801. The molecule has 25 heavy (non-hydrogen) atoms. The number of carbonyl (C=O) groups is 1. The van der Waals surface area contributed by atoms with Crippen LogP contribution in [0.2, 0.25) is 0 Å². The van der Waals surface area contributed by atoms with Crippen LogP contribution in [0.4, 0.5) is 8.78 Å². The van der Waals surface area contributed by atoms with Gasteiger partial charge in [0.1, 0.15) is 11.6 Å². The van der Waals surface area contributed by atoms with Crippen molar-refractivity contribution in [3.63, 3.8) is 0 Å². The van der Waals surface area contributed by atoms with Crippen LogP contribution in [0.1, 0.15) is 31.4 Å². The van der Waals surface area contributed by atoms with Gasteiger partial charge in [0.25, 0.3) is 0 Å². The number of benzene rings is 1. The molecule has 0 bridgehead atoms. The average Bonchev–Trinajstić information content (AvgIpc) is 2.62. The number of amides is 1. The first-order chi connectivity index (χ1) is 12.0. The zero-order valence-corrected chi connectivity index (χ0v) is 15.7. The van der Waals surface area contributed by atoms with Gasteiger partial charge in [-0.2, -0.15) is 11.8 Å². The molecule has 2 rings (SSSR count). The zero-order chi connectivity index (χ0) is 18.4. The SMILES string of the molecule is CCC(c1ccc(F)cc1F)N1CCN(C(=O)[C@@H](N)CCSC)CC1. The van der Waals surface area contributed by atoms with Crippen molar-refractivity contribution in [1.29, 1.82) is 0 Å². The second-order valence-electron chi connectivity index (χ2n) is 6.34. The largest absolute Gasteiger partial charge is 0.339 e. The van der Waals surface area contributed by atoms with E-state index in [9.17, 15) is 13.6 Å². The highest BCUT2D eigenvalue weighted by Crippen LogP contribution is 2.28. The summed E-state index contributed by atoms with van der Waals surface area (Å²) in [5.74, 6) is -0.209. The minimum atomic E-state index is -0.564. The van der Waals surface area contributed by atoms with Crippen LogP contribution in [0, 0.1) is 11.6 Å². The number of rotatable bonds is 7. The van der Waals surface area contributed by atoms with E-state index < -0.39 is 17.7 Å². The number of hydrogen-bond donors (Lipinski definition) is 1. The lowest BCUT2D eigenvalue weighted by molar-refractivity contribution is -0.134. The smallest absolute Gasteiger partial charge is 0.239 e. The highest BCUT2D eigenvalue weighted by Gasteiger charge is 2.29. The van der Waals surface area contributed by atoms with Gasteiger partial charge in [0.05, 0.1) is 6.04 Å². The number of hydrogen-bond acceptors (Lipinski definition) is 4. The summed E-state index contributed by atoms with van der Waals surface area (Å²) in [6, 6.07) is 3.20. The summed E-state index contributed by atoms with van der Waals surface area (Å²) in [5.41, 5.74) is 6.49. The van der Waals surface area contributed by atoms with Crippen LogP contribution in [0.15, 0.2) is 18.2 Å². The predicted octanol–water partition coefficient (Wildman–Crippen LogP) is 2.64. The Morgan fingerprint density at radius 3 is 2.52 bits per heavy atom. The lowest BCUT2D eigenvalue weighted by atomic mass is 10.0. The van der Waals surface area contributed by atoms with E-state index in [1.54, 1.807) is 16.7 Å². The maximum Gasteiger partial charge on any atom is 0.239 e. The Morgan fingerprint density at radius 2 is 1.96 bits per heavy atom. The molecule has 4 nitrogen and oxygen atoms in total. The zero-order valence-electron chi connectivity index (χ0n) is 14.9. The lowest BCUT2D eigenvalue weighted by Gasteiger charge is -2.40. The van der Waals surface area contributed by atoms with Gasteiger partial charge in [0, 0.05) is 43.9 Å². The molecule has 2 atom stereocenters. The van der Waals surface area contributed by atoms with E-state index in [0.717, 1.165) is 18.2 Å². The predicted molar refractivity (Wildman–Crippen MR) is 98.5 cm³/mol. The van der Waals surface area contributed by atoms with Crippen molar-refractivity contribution in [2.45, 2.75) is 31.8 Å². The highest BCUT2D eigenvalue weighted by molar-refractivity contribution is 7.98. The van der Waals surface area contributed by atoms with Crippen LogP contribution in [-0.4, -0.2) is 59.9 Å². The normalized spacial score (nSPS) is 18.2. The molecular formula is C18H27F2N3OS. The molecule has 1 heterocycles. The van der Waals surface area contributed by atoms with Gasteiger partial charge in [-0.15, -0.1) is 0 Å². The van der Waals surface area contributed by atoms with Gasteiger partial charge in [-0.1, -0.05) is 13.0 Å². The third kappa shape index (κ3) is 5.15. The minimum Gasteiger partial charge on any atom is -0.339 e. The summed E-state index contributed by atoms with van der Waals surface area (Å²) in [6.07, 6.45) is 3.40. The Kier molecular flexibility index (Phi) is 7.65. The number of nitrogens with two attached hydrogens (primary N) is 1. The van der Waals surface area contributed by atoms with Crippen molar-refractivity contribution in [2.24, 2.45) is 5.73 Å². The molecular weight excluding hydrogens is 344 g/mol. The van der Waals surface area contributed by atoms with Crippen LogP contribution in [-0.2, 0) is 4.79 Å². The molecule has 0 aromatic heterocycles. The van der Waals surface area contributed by atoms with E-state index in [1.165, 1.54) is 12.1 Å². The van der Waals surface area contributed by atoms with Crippen LogP contribution in [0.25, 0.3) is 0 Å². The fourth-order valence-electron chi connectivity index (χ4n) is 3.30. The van der Waals surface area contributed by atoms with Crippen molar-refractivity contribution in [3.8, 4) is 0 Å². The number of carbonyl (C=O) groups excluding carboxylic acids is 1. The van der Waals surface area contributed by atoms with Crippen LogP contribution in [0.5, 0.6) is 0 Å². The summed E-state index contributed by atoms with van der Waals surface area (Å²) in [5, 5.41) is 0. The first kappa shape index (κ1) is 20.1. The average molecular weight is 371 g/mol. The monoisotopic (exact) mass is 371 g/mol. The first-order valence-electron chi connectivity index (χ1n) is 8.70. The Labute approximate surface area is 152 Å². The van der Waals surface area contributed by atoms with Gasteiger partial charge in [-0.05, 0) is 30.9 Å². The molecule has 1 unspecified atom stereocenters. The summed E-state index contributed by atoms with van der Waals surface area (Å²) in [7, 11) is 0. The lowest BCUT2D eigenvalue weighted by Crippen LogP contribution is -2.53. The third-order valence-electron chi connectivity index (χ3n) is 4.73. The first-order valence-corrected chi connectivity index (χ1v) is 10.1. The standard InChI is InChI=1S/C18H27F2N3OS/c1-3-17(14-5-4-13(19)12-15(14)20)22-7-9-23(10-8-22)18(24)16(21)6-11-25-2/h4-5,12,16-17H,3,6-11,21H2,1-2H3/t16-,17?/m0/s1.